The summed E-state index contributed by atoms with van der Waals surface area (Å²) in [6, 6.07) is 6.01. The highest BCUT2D eigenvalue weighted by Crippen LogP contribution is 2.14. The number of hydrogen-bond acceptors (Lipinski definition) is 2. The van der Waals surface area contributed by atoms with Crippen molar-refractivity contribution in [1.82, 2.24) is 10.2 Å². The van der Waals surface area contributed by atoms with Crippen LogP contribution in [-0.2, 0) is 0 Å². The Bertz CT molecular complexity index is 390. The fourth-order valence-corrected chi connectivity index (χ4v) is 2.16. The molecule has 1 aromatic rings. The zero-order valence-electron chi connectivity index (χ0n) is 10.4. The third-order valence-corrected chi connectivity index (χ3v) is 3.27. The number of nitrogens with zero attached hydrogens (tertiary/aromatic N) is 1. The summed E-state index contributed by atoms with van der Waals surface area (Å²) in [5, 5.41) is 3.27. The van der Waals surface area contributed by atoms with Crippen LogP contribution in [0.25, 0.3) is 0 Å². The van der Waals surface area contributed by atoms with E-state index in [0.717, 1.165) is 25.9 Å². The third-order valence-electron chi connectivity index (χ3n) is 3.27. The first-order valence-electron chi connectivity index (χ1n) is 5.92. The highest BCUT2D eigenvalue weighted by atomic mass is 35.5. The van der Waals surface area contributed by atoms with Crippen LogP contribution in [0.1, 0.15) is 23.2 Å². The Hall–Kier alpha value is -1.13. The zero-order valence-corrected chi connectivity index (χ0v) is 11.2. The molecule has 1 aromatic carbocycles. The summed E-state index contributed by atoms with van der Waals surface area (Å²) >= 11 is 0. The summed E-state index contributed by atoms with van der Waals surface area (Å²) in [5.74, 6) is -0.344. The minimum Gasteiger partial charge on any atom is -0.339 e. The Morgan fingerprint density at radius 2 is 1.83 bits per heavy atom. The number of halogens is 2. The SMILES string of the molecule is CN(C(=O)c1ccc(F)cc1)C1CCNCC1.Cl. The van der Waals surface area contributed by atoms with Crippen molar-refractivity contribution in [2.75, 3.05) is 20.1 Å². The first-order chi connectivity index (χ1) is 8.18. The van der Waals surface area contributed by atoms with Gasteiger partial charge in [0.25, 0.3) is 5.91 Å². The molecule has 1 N–H and O–H groups in total. The maximum atomic E-state index is 12.8. The molecule has 0 aromatic heterocycles. The Morgan fingerprint density at radius 3 is 2.39 bits per heavy atom. The number of benzene rings is 1. The lowest BCUT2D eigenvalue weighted by Gasteiger charge is -2.31. The molecule has 100 valence electrons. The molecule has 1 fully saturated rings. The van der Waals surface area contributed by atoms with Crippen molar-refractivity contribution in [2.45, 2.75) is 18.9 Å². The van der Waals surface area contributed by atoms with Crippen molar-refractivity contribution in [3.63, 3.8) is 0 Å². The van der Waals surface area contributed by atoms with Crippen LogP contribution in [0, 0.1) is 5.82 Å². The van der Waals surface area contributed by atoms with Gasteiger partial charge in [-0.05, 0) is 50.2 Å². The average molecular weight is 273 g/mol. The van der Waals surface area contributed by atoms with Crippen LogP contribution in [0.4, 0.5) is 4.39 Å². The highest BCUT2D eigenvalue weighted by molar-refractivity contribution is 5.94. The quantitative estimate of drug-likeness (QED) is 0.894. The van der Waals surface area contributed by atoms with Gasteiger partial charge in [0.05, 0.1) is 0 Å². The number of rotatable bonds is 2. The van der Waals surface area contributed by atoms with E-state index in [-0.39, 0.29) is 30.2 Å². The highest BCUT2D eigenvalue weighted by Gasteiger charge is 2.22. The maximum Gasteiger partial charge on any atom is 0.253 e. The molecule has 0 radical (unpaired) electrons. The number of carbonyl (C=O) groups excluding carboxylic acids is 1. The van der Waals surface area contributed by atoms with Crippen molar-refractivity contribution in [2.24, 2.45) is 0 Å². The lowest BCUT2D eigenvalue weighted by molar-refractivity contribution is 0.0703. The largest absolute Gasteiger partial charge is 0.339 e. The smallest absolute Gasteiger partial charge is 0.253 e. The second kappa shape index (κ2) is 6.71. The Morgan fingerprint density at radius 1 is 1.28 bits per heavy atom. The van der Waals surface area contributed by atoms with Crippen molar-refractivity contribution in [1.29, 1.82) is 0 Å². The number of piperidine rings is 1. The molecule has 2 rings (SSSR count). The molecule has 0 aliphatic carbocycles. The predicted octanol–water partition coefficient (Wildman–Crippen LogP) is 2.07. The van der Waals surface area contributed by atoms with Crippen LogP contribution in [0.2, 0.25) is 0 Å². The summed E-state index contributed by atoms with van der Waals surface area (Å²) < 4.78 is 12.8. The number of nitrogens with one attached hydrogen (secondary N) is 1. The molecule has 1 aliphatic heterocycles. The first-order valence-corrected chi connectivity index (χ1v) is 5.92. The Kier molecular flexibility index (Phi) is 5.56. The molecule has 18 heavy (non-hydrogen) atoms. The predicted molar refractivity (Wildman–Crippen MR) is 71.6 cm³/mol. The van der Waals surface area contributed by atoms with Crippen LogP contribution in [0.3, 0.4) is 0 Å². The van der Waals surface area contributed by atoms with Gasteiger partial charge in [-0.15, -0.1) is 12.4 Å². The Labute approximate surface area is 113 Å². The van der Waals surface area contributed by atoms with Gasteiger partial charge in [-0.1, -0.05) is 0 Å². The van der Waals surface area contributed by atoms with Gasteiger partial charge < -0.3 is 10.2 Å². The number of hydrogen-bond donors (Lipinski definition) is 1. The number of carbonyl (C=O) groups is 1. The van der Waals surface area contributed by atoms with Gasteiger partial charge in [0.2, 0.25) is 0 Å². The third kappa shape index (κ3) is 3.43. The molecule has 0 atom stereocenters. The van der Waals surface area contributed by atoms with Gasteiger partial charge in [-0.3, -0.25) is 4.79 Å². The van der Waals surface area contributed by atoms with Gasteiger partial charge in [0.15, 0.2) is 0 Å². The molecule has 5 heteroatoms. The van der Waals surface area contributed by atoms with Gasteiger partial charge in [0.1, 0.15) is 5.82 Å². The molecule has 0 spiro atoms. The van der Waals surface area contributed by atoms with Crippen LogP contribution < -0.4 is 5.32 Å². The summed E-state index contributed by atoms with van der Waals surface area (Å²) in [6.07, 6.45) is 1.95. The lowest BCUT2D eigenvalue weighted by Crippen LogP contribution is -2.43. The average Bonchev–Trinajstić information content (AvgIpc) is 2.39. The van der Waals surface area contributed by atoms with Crippen LogP contribution in [0.5, 0.6) is 0 Å². The second-order valence-corrected chi connectivity index (χ2v) is 4.40. The summed E-state index contributed by atoms with van der Waals surface area (Å²) in [4.78, 5) is 13.9. The van der Waals surface area contributed by atoms with E-state index in [2.05, 4.69) is 5.32 Å². The summed E-state index contributed by atoms with van der Waals surface area (Å²) in [7, 11) is 1.82. The summed E-state index contributed by atoms with van der Waals surface area (Å²) in [5.41, 5.74) is 0.549. The molecule has 3 nitrogen and oxygen atoms in total. The fourth-order valence-electron chi connectivity index (χ4n) is 2.16. The molecule has 0 saturated carbocycles. The van der Waals surface area contributed by atoms with Crippen LogP contribution in [-0.4, -0.2) is 37.0 Å². The Balaban J connectivity index is 0.00000162. The molecule has 1 heterocycles. The van der Waals surface area contributed by atoms with Gasteiger partial charge >= 0.3 is 0 Å². The van der Waals surface area contributed by atoms with E-state index >= 15 is 0 Å². The minimum absolute atomic E-state index is 0. The van der Waals surface area contributed by atoms with E-state index in [4.69, 9.17) is 0 Å². The zero-order chi connectivity index (χ0) is 12.3. The van der Waals surface area contributed by atoms with Crippen molar-refractivity contribution in [3.8, 4) is 0 Å². The van der Waals surface area contributed by atoms with E-state index < -0.39 is 0 Å². The van der Waals surface area contributed by atoms with Crippen molar-refractivity contribution in [3.05, 3.63) is 35.6 Å². The van der Waals surface area contributed by atoms with E-state index in [0.29, 0.717) is 5.56 Å². The van der Waals surface area contributed by atoms with Crippen LogP contribution >= 0.6 is 12.4 Å². The molecular formula is C13H18ClFN2O. The first kappa shape index (κ1) is 14.9. The standard InChI is InChI=1S/C13H17FN2O.ClH/c1-16(12-6-8-15-9-7-12)13(17)10-2-4-11(14)5-3-10;/h2-5,12,15H,6-9H2,1H3;1H. The minimum atomic E-state index is -0.314. The molecule has 0 bridgehead atoms. The van der Waals surface area contributed by atoms with E-state index in [1.54, 1.807) is 4.90 Å². The van der Waals surface area contributed by atoms with Gasteiger partial charge in [-0.2, -0.15) is 0 Å². The fraction of sp³-hybridized carbons (Fsp3) is 0.462. The van der Waals surface area contributed by atoms with E-state index in [1.165, 1.54) is 24.3 Å². The molecular weight excluding hydrogens is 255 g/mol. The van der Waals surface area contributed by atoms with E-state index in [9.17, 15) is 9.18 Å². The molecule has 0 unspecified atom stereocenters. The van der Waals surface area contributed by atoms with E-state index in [1.807, 2.05) is 7.05 Å². The molecule has 1 amide bonds. The monoisotopic (exact) mass is 272 g/mol. The van der Waals surface area contributed by atoms with Crippen molar-refractivity contribution >= 4 is 18.3 Å². The topological polar surface area (TPSA) is 32.3 Å². The van der Waals surface area contributed by atoms with Gasteiger partial charge in [0, 0.05) is 18.7 Å². The molecule has 1 saturated heterocycles. The van der Waals surface area contributed by atoms with Crippen LogP contribution in [0.15, 0.2) is 24.3 Å². The maximum absolute atomic E-state index is 12.8. The van der Waals surface area contributed by atoms with Crippen molar-refractivity contribution < 1.29 is 9.18 Å². The molecule has 1 aliphatic rings. The summed E-state index contributed by atoms with van der Waals surface area (Å²) in [6.45, 7) is 1.90. The number of amides is 1. The van der Waals surface area contributed by atoms with Gasteiger partial charge in [-0.25, -0.2) is 4.39 Å². The lowest BCUT2D eigenvalue weighted by atomic mass is 10.0. The normalized spacial score (nSPS) is 15.9. The second-order valence-electron chi connectivity index (χ2n) is 4.40.